The minimum Gasteiger partial charge on any atom is -0.508 e. The smallest absolute Gasteiger partial charge is 0.115 e. The fraction of sp³-hybridized carbons (Fsp3) is 0.0526. The van der Waals surface area contributed by atoms with Gasteiger partial charge in [0, 0.05) is 0 Å². The first-order valence-electron chi connectivity index (χ1n) is 6.79. The molecule has 0 radical (unpaired) electrons. The Hall–Kier alpha value is -2.58. The molecule has 0 aliphatic rings. The van der Waals surface area contributed by atoms with Gasteiger partial charge in [-0.1, -0.05) is 72.8 Å². The van der Waals surface area contributed by atoms with E-state index in [-0.39, 0.29) is 6.61 Å². The second-order valence-electron chi connectivity index (χ2n) is 4.56. The van der Waals surface area contributed by atoms with Crippen LogP contribution in [0.25, 0.3) is 11.1 Å². The molecule has 0 atom stereocenters. The number of hydrogen-bond acceptors (Lipinski definition) is 2. The van der Waals surface area contributed by atoms with Gasteiger partial charge in [0.1, 0.15) is 5.75 Å². The van der Waals surface area contributed by atoms with Gasteiger partial charge in [-0.3, -0.25) is 0 Å². The van der Waals surface area contributed by atoms with Crippen molar-refractivity contribution in [3.8, 4) is 16.9 Å². The van der Waals surface area contributed by atoms with Crippen LogP contribution >= 0.6 is 0 Å². The Morgan fingerprint density at radius 3 is 1.52 bits per heavy atom. The molecule has 0 saturated carbocycles. The molecule has 0 fully saturated rings. The molecule has 3 aromatic rings. The van der Waals surface area contributed by atoms with Gasteiger partial charge in [-0.15, -0.1) is 0 Å². The van der Waals surface area contributed by atoms with Gasteiger partial charge in [0.15, 0.2) is 0 Å². The highest BCUT2D eigenvalue weighted by Gasteiger charge is 1.94. The molecule has 0 bridgehead atoms. The number of benzene rings is 3. The van der Waals surface area contributed by atoms with Gasteiger partial charge < -0.3 is 10.2 Å². The zero-order valence-electron chi connectivity index (χ0n) is 11.7. The zero-order chi connectivity index (χ0) is 14.9. The Balaban J connectivity index is 0.000000173. The van der Waals surface area contributed by atoms with E-state index in [1.54, 1.807) is 12.1 Å². The lowest BCUT2D eigenvalue weighted by molar-refractivity contribution is 0.282. The van der Waals surface area contributed by atoms with Crippen LogP contribution in [0.15, 0.2) is 84.9 Å². The van der Waals surface area contributed by atoms with Gasteiger partial charge in [-0.2, -0.15) is 0 Å². The van der Waals surface area contributed by atoms with E-state index in [4.69, 9.17) is 10.2 Å². The van der Waals surface area contributed by atoms with Crippen molar-refractivity contribution in [1.29, 1.82) is 0 Å². The lowest BCUT2D eigenvalue weighted by atomic mass is 10.1. The third-order valence-corrected chi connectivity index (χ3v) is 3.00. The van der Waals surface area contributed by atoms with Crippen LogP contribution < -0.4 is 0 Å². The van der Waals surface area contributed by atoms with Crippen molar-refractivity contribution in [2.24, 2.45) is 0 Å². The topological polar surface area (TPSA) is 40.5 Å². The minimum absolute atomic E-state index is 0.140. The molecule has 2 heteroatoms. The highest BCUT2D eigenvalue weighted by molar-refractivity contribution is 5.63. The van der Waals surface area contributed by atoms with Gasteiger partial charge in [0.05, 0.1) is 6.61 Å². The maximum atomic E-state index is 9.10. The van der Waals surface area contributed by atoms with Crippen LogP contribution in [-0.4, -0.2) is 10.2 Å². The summed E-state index contributed by atoms with van der Waals surface area (Å²) in [4.78, 5) is 0. The van der Waals surface area contributed by atoms with Crippen LogP contribution in [0, 0.1) is 0 Å². The van der Waals surface area contributed by atoms with Crippen LogP contribution in [0.4, 0.5) is 0 Å². The minimum atomic E-state index is 0.140. The van der Waals surface area contributed by atoms with Crippen molar-refractivity contribution in [2.75, 3.05) is 0 Å². The van der Waals surface area contributed by atoms with Crippen molar-refractivity contribution >= 4 is 0 Å². The molecule has 2 nitrogen and oxygen atoms in total. The summed E-state index contributed by atoms with van der Waals surface area (Å²) < 4.78 is 0. The molecule has 0 heterocycles. The predicted octanol–water partition coefficient (Wildman–Crippen LogP) is 4.24. The molecule has 2 N–H and O–H groups in total. The van der Waals surface area contributed by atoms with Crippen LogP contribution in [0.2, 0.25) is 0 Å². The van der Waals surface area contributed by atoms with E-state index in [9.17, 15) is 0 Å². The van der Waals surface area contributed by atoms with Crippen LogP contribution in [0.5, 0.6) is 5.75 Å². The molecule has 0 aromatic heterocycles. The fourth-order valence-electron chi connectivity index (χ4n) is 1.87. The van der Waals surface area contributed by atoms with Crippen molar-refractivity contribution in [2.45, 2.75) is 6.61 Å². The van der Waals surface area contributed by atoms with E-state index in [1.165, 1.54) is 5.56 Å². The third-order valence-electron chi connectivity index (χ3n) is 3.00. The van der Waals surface area contributed by atoms with Gasteiger partial charge >= 0.3 is 0 Å². The van der Waals surface area contributed by atoms with Crippen molar-refractivity contribution in [3.63, 3.8) is 0 Å². The molecule has 0 aliphatic heterocycles. The number of aliphatic hydroxyl groups is 1. The zero-order valence-corrected chi connectivity index (χ0v) is 11.7. The lowest BCUT2D eigenvalue weighted by Crippen LogP contribution is -1.77. The Bertz CT molecular complexity index is 631. The fourth-order valence-corrected chi connectivity index (χ4v) is 1.87. The van der Waals surface area contributed by atoms with Gasteiger partial charge in [0.2, 0.25) is 0 Å². The molecule has 0 amide bonds. The molecule has 0 spiro atoms. The molecule has 21 heavy (non-hydrogen) atoms. The maximum Gasteiger partial charge on any atom is 0.115 e. The number of aliphatic hydroxyl groups excluding tert-OH is 1. The first-order valence-corrected chi connectivity index (χ1v) is 6.79. The molecule has 0 aliphatic carbocycles. The number of aromatic hydroxyl groups is 1. The predicted molar refractivity (Wildman–Crippen MR) is 85.9 cm³/mol. The highest BCUT2D eigenvalue weighted by atomic mass is 16.3. The Kier molecular flexibility index (Phi) is 5.56. The largest absolute Gasteiger partial charge is 0.508 e. The number of rotatable bonds is 2. The third kappa shape index (κ3) is 4.79. The molecule has 106 valence electrons. The summed E-state index contributed by atoms with van der Waals surface area (Å²) in [7, 11) is 0. The first kappa shape index (κ1) is 14.8. The van der Waals surface area contributed by atoms with Gasteiger partial charge in [-0.05, 0) is 28.8 Å². The average molecular weight is 278 g/mol. The molecular weight excluding hydrogens is 260 g/mol. The highest BCUT2D eigenvalue weighted by Crippen LogP contribution is 2.20. The Morgan fingerprint density at radius 2 is 1.05 bits per heavy atom. The summed E-state index contributed by atoms with van der Waals surface area (Å²) >= 11 is 0. The number of phenolic OH excluding ortho intramolecular Hbond substituents is 1. The van der Waals surface area contributed by atoms with Crippen molar-refractivity contribution in [1.82, 2.24) is 0 Å². The summed E-state index contributed by atoms with van der Waals surface area (Å²) in [5.74, 6) is 0.305. The van der Waals surface area contributed by atoms with E-state index in [0.717, 1.165) is 11.1 Å². The standard InChI is InChI=1S/C12H10O.C7H8O/c13-12-8-6-11(7-9-12)10-4-2-1-3-5-10;8-6-7-4-2-1-3-5-7/h1-9,13H;1-5,8H,6H2. The quantitative estimate of drug-likeness (QED) is 0.736. The van der Waals surface area contributed by atoms with E-state index in [1.807, 2.05) is 72.8 Å². The summed E-state index contributed by atoms with van der Waals surface area (Å²) in [6.45, 7) is 0.140. The van der Waals surface area contributed by atoms with Crippen LogP contribution in [-0.2, 0) is 6.61 Å². The summed E-state index contributed by atoms with van der Waals surface area (Å²) in [6, 6.07) is 26.8. The van der Waals surface area contributed by atoms with E-state index in [2.05, 4.69) is 0 Å². The Morgan fingerprint density at radius 1 is 0.571 bits per heavy atom. The monoisotopic (exact) mass is 278 g/mol. The van der Waals surface area contributed by atoms with E-state index < -0.39 is 0 Å². The first-order chi connectivity index (χ1) is 10.3. The lowest BCUT2D eigenvalue weighted by Gasteiger charge is -2.00. The van der Waals surface area contributed by atoms with E-state index >= 15 is 0 Å². The molecule has 0 saturated heterocycles. The molecule has 3 rings (SSSR count). The van der Waals surface area contributed by atoms with Gasteiger partial charge in [-0.25, -0.2) is 0 Å². The number of phenols is 1. The maximum absolute atomic E-state index is 9.10. The van der Waals surface area contributed by atoms with Crippen molar-refractivity contribution < 1.29 is 10.2 Å². The van der Waals surface area contributed by atoms with Crippen molar-refractivity contribution in [3.05, 3.63) is 90.5 Å². The molecule has 0 unspecified atom stereocenters. The van der Waals surface area contributed by atoms with Gasteiger partial charge in [0.25, 0.3) is 0 Å². The molecule has 3 aromatic carbocycles. The Labute approximate surface area is 125 Å². The van der Waals surface area contributed by atoms with E-state index in [0.29, 0.717) is 5.75 Å². The second-order valence-corrected chi connectivity index (χ2v) is 4.56. The summed E-state index contributed by atoms with van der Waals surface area (Å²) in [5, 5.41) is 17.6. The number of hydrogen-bond donors (Lipinski definition) is 2. The summed E-state index contributed by atoms with van der Waals surface area (Å²) in [5.41, 5.74) is 3.26. The van der Waals surface area contributed by atoms with Crippen LogP contribution in [0.1, 0.15) is 5.56 Å². The average Bonchev–Trinajstić information content (AvgIpc) is 2.58. The second kappa shape index (κ2) is 7.88. The van der Waals surface area contributed by atoms with Crippen LogP contribution in [0.3, 0.4) is 0 Å². The normalized spacial score (nSPS) is 9.57. The summed E-state index contributed by atoms with van der Waals surface area (Å²) in [6.07, 6.45) is 0. The molecular formula is C19H18O2. The SMILES string of the molecule is OCc1ccccc1.Oc1ccc(-c2ccccc2)cc1.